The summed E-state index contributed by atoms with van der Waals surface area (Å²) in [5.74, 6) is 1.04. The van der Waals surface area contributed by atoms with E-state index in [0.717, 1.165) is 16.3 Å². The zero-order valence-corrected chi connectivity index (χ0v) is 14.4. The third-order valence-corrected chi connectivity index (χ3v) is 5.38. The first-order valence-corrected chi connectivity index (χ1v) is 8.54. The Hall–Kier alpha value is -1.97. The second kappa shape index (κ2) is 6.26. The summed E-state index contributed by atoms with van der Waals surface area (Å²) >= 11 is 7.85. The molecule has 7 heteroatoms. The molecule has 2 aromatic rings. The predicted molar refractivity (Wildman–Crippen MR) is 90.9 cm³/mol. The van der Waals surface area contributed by atoms with Crippen LogP contribution in [0.25, 0.3) is 0 Å². The zero-order valence-electron chi connectivity index (χ0n) is 12.8. The number of halogens is 1. The number of nitrogens with zero attached hydrogens (tertiary/aromatic N) is 4. The van der Waals surface area contributed by atoms with Crippen LogP contribution in [0, 0.1) is 17.2 Å². The maximum absolute atomic E-state index is 13.0. The van der Waals surface area contributed by atoms with E-state index in [9.17, 15) is 10.1 Å². The summed E-state index contributed by atoms with van der Waals surface area (Å²) in [5.41, 5.74) is 1.38. The fourth-order valence-electron chi connectivity index (χ4n) is 2.58. The lowest BCUT2D eigenvalue weighted by molar-refractivity contribution is 0.0983. The fourth-order valence-corrected chi connectivity index (χ4v) is 3.80. The summed E-state index contributed by atoms with van der Waals surface area (Å²) in [4.78, 5) is 15.8. The minimum absolute atomic E-state index is 0.215. The number of hydrogen-bond donors (Lipinski definition) is 0. The summed E-state index contributed by atoms with van der Waals surface area (Å²) in [6.45, 7) is 2.69. The molecule has 0 saturated carbocycles. The van der Waals surface area contributed by atoms with Crippen molar-refractivity contribution in [3.05, 3.63) is 40.7 Å². The minimum Gasteiger partial charge on any atom is -0.307 e. The predicted octanol–water partition coefficient (Wildman–Crippen LogP) is 3.33. The molecule has 0 bridgehead atoms. The monoisotopic (exact) mass is 346 g/mol. The number of carbonyl (C=O) groups excluding carboxylic acids is 1. The van der Waals surface area contributed by atoms with E-state index in [4.69, 9.17) is 11.6 Å². The molecule has 0 N–H and O–H groups in total. The molecule has 1 aliphatic heterocycles. The third-order valence-electron chi connectivity index (χ3n) is 3.75. The number of aromatic nitrogens is 2. The highest BCUT2D eigenvalue weighted by Crippen LogP contribution is 2.38. The molecule has 1 atom stereocenters. The van der Waals surface area contributed by atoms with Crippen molar-refractivity contribution >= 4 is 35.0 Å². The third kappa shape index (κ3) is 2.94. The highest BCUT2D eigenvalue weighted by molar-refractivity contribution is 7.99. The number of amides is 1. The highest BCUT2D eigenvalue weighted by Gasteiger charge is 2.28. The molecule has 0 saturated heterocycles. The van der Waals surface area contributed by atoms with E-state index in [2.05, 4.69) is 12.0 Å². The van der Waals surface area contributed by atoms with E-state index in [1.807, 2.05) is 24.3 Å². The number of rotatable bonds is 1. The second-order valence-electron chi connectivity index (χ2n) is 5.59. The number of thioether (sulfide) groups is 1. The van der Waals surface area contributed by atoms with Gasteiger partial charge in [-0.3, -0.25) is 9.48 Å². The van der Waals surface area contributed by atoms with Crippen molar-refractivity contribution < 1.29 is 4.79 Å². The van der Waals surface area contributed by atoms with Gasteiger partial charge < -0.3 is 4.90 Å². The summed E-state index contributed by atoms with van der Waals surface area (Å²) in [6, 6.07) is 7.63. The highest BCUT2D eigenvalue weighted by atomic mass is 35.5. The normalized spacial score (nSPS) is 17.3. The molecule has 1 aliphatic rings. The molecule has 1 amide bonds. The first-order valence-electron chi connectivity index (χ1n) is 7.17. The Balaban J connectivity index is 2.08. The van der Waals surface area contributed by atoms with Crippen LogP contribution in [0.1, 0.15) is 23.0 Å². The smallest absolute Gasteiger partial charge is 0.262 e. The van der Waals surface area contributed by atoms with Gasteiger partial charge in [-0.1, -0.05) is 18.5 Å². The van der Waals surface area contributed by atoms with Gasteiger partial charge in [-0.25, -0.2) is 0 Å². The Morgan fingerprint density at radius 2 is 2.30 bits per heavy atom. The Morgan fingerprint density at radius 3 is 3.04 bits per heavy atom. The quantitative estimate of drug-likeness (QED) is 0.794. The van der Waals surface area contributed by atoms with Crippen LogP contribution < -0.4 is 4.90 Å². The molecule has 23 heavy (non-hydrogen) atoms. The molecular weight excluding hydrogens is 332 g/mol. The molecule has 118 valence electrons. The van der Waals surface area contributed by atoms with E-state index in [-0.39, 0.29) is 11.6 Å². The lowest BCUT2D eigenvalue weighted by Gasteiger charge is -2.24. The minimum atomic E-state index is -0.215. The van der Waals surface area contributed by atoms with Crippen molar-refractivity contribution in [3.8, 4) is 6.07 Å². The van der Waals surface area contributed by atoms with Gasteiger partial charge in [0.1, 0.15) is 6.07 Å². The molecule has 3 rings (SSSR count). The number of nitriles is 1. The van der Waals surface area contributed by atoms with Gasteiger partial charge in [-0.15, -0.1) is 11.8 Å². The van der Waals surface area contributed by atoms with Gasteiger partial charge >= 0.3 is 0 Å². The van der Waals surface area contributed by atoms with Crippen molar-refractivity contribution in [1.82, 2.24) is 9.78 Å². The topological polar surface area (TPSA) is 61.9 Å². The Kier molecular flexibility index (Phi) is 4.33. The number of aryl methyl sites for hydroxylation is 1. The first kappa shape index (κ1) is 15.9. The first-order chi connectivity index (χ1) is 11.0. The van der Waals surface area contributed by atoms with Crippen LogP contribution in [-0.2, 0) is 7.05 Å². The molecule has 1 aromatic carbocycles. The number of anilines is 1. The van der Waals surface area contributed by atoms with Gasteiger partial charge in [0.15, 0.2) is 5.69 Å². The summed E-state index contributed by atoms with van der Waals surface area (Å²) in [6.07, 6.45) is 1.45. The van der Waals surface area contributed by atoms with Crippen molar-refractivity contribution in [1.29, 1.82) is 5.26 Å². The Morgan fingerprint density at radius 1 is 1.52 bits per heavy atom. The van der Waals surface area contributed by atoms with Crippen molar-refractivity contribution in [2.45, 2.75) is 11.8 Å². The molecule has 5 nitrogen and oxygen atoms in total. The molecule has 1 aromatic heterocycles. The molecule has 0 aliphatic carbocycles. The van der Waals surface area contributed by atoms with E-state index in [0.29, 0.717) is 23.0 Å². The van der Waals surface area contributed by atoms with Crippen molar-refractivity contribution in [2.75, 3.05) is 17.2 Å². The lowest BCUT2D eigenvalue weighted by atomic mass is 10.1. The Labute approximate surface area is 143 Å². The van der Waals surface area contributed by atoms with Crippen LogP contribution in [-0.4, -0.2) is 28.0 Å². The maximum Gasteiger partial charge on any atom is 0.262 e. The largest absolute Gasteiger partial charge is 0.307 e. The average molecular weight is 347 g/mol. The second-order valence-corrected chi connectivity index (χ2v) is 7.08. The summed E-state index contributed by atoms with van der Waals surface area (Å²) in [7, 11) is 1.65. The molecule has 0 fully saturated rings. The van der Waals surface area contributed by atoms with Crippen LogP contribution in [0.5, 0.6) is 0 Å². The standard InChI is InChI=1S/C16H15ClN4OS/c1-10-8-21(13-5-11(17)3-4-15(13)23-9-10)16(22)12-7-19-20(2)14(12)6-18/h3-5,7,10H,8-9H2,1-2H3. The molecule has 0 radical (unpaired) electrons. The van der Waals surface area contributed by atoms with Gasteiger partial charge in [0.2, 0.25) is 0 Å². The van der Waals surface area contributed by atoms with Crippen LogP contribution in [0.3, 0.4) is 0 Å². The maximum atomic E-state index is 13.0. The average Bonchev–Trinajstić information content (AvgIpc) is 2.82. The van der Waals surface area contributed by atoms with E-state index >= 15 is 0 Å². The lowest BCUT2D eigenvalue weighted by Crippen LogP contribution is -2.35. The van der Waals surface area contributed by atoms with Crippen molar-refractivity contribution in [3.63, 3.8) is 0 Å². The molecule has 2 heterocycles. The van der Waals surface area contributed by atoms with E-state index in [1.54, 1.807) is 23.7 Å². The SMILES string of the molecule is CC1CSc2ccc(Cl)cc2N(C(=O)c2cnn(C)c2C#N)C1. The van der Waals surface area contributed by atoms with Gasteiger partial charge in [0.25, 0.3) is 5.91 Å². The molecule has 1 unspecified atom stereocenters. The van der Waals surface area contributed by atoms with Crippen molar-refractivity contribution in [2.24, 2.45) is 13.0 Å². The van der Waals surface area contributed by atoms with E-state index < -0.39 is 0 Å². The van der Waals surface area contributed by atoms with Crippen LogP contribution in [0.2, 0.25) is 5.02 Å². The zero-order chi connectivity index (χ0) is 16.6. The number of benzene rings is 1. The van der Waals surface area contributed by atoms with Crippen LogP contribution in [0.4, 0.5) is 5.69 Å². The number of carbonyl (C=O) groups is 1. The van der Waals surface area contributed by atoms with E-state index in [1.165, 1.54) is 10.9 Å². The van der Waals surface area contributed by atoms with Crippen LogP contribution in [0.15, 0.2) is 29.3 Å². The van der Waals surface area contributed by atoms with Crippen LogP contribution >= 0.6 is 23.4 Å². The number of hydrogen-bond acceptors (Lipinski definition) is 4. The Bertz CT molecular complexity index is 811. The summed E-state index contributed by atoms with van der Waals surface area (Å²) < 4.78 is 1.42. The number of fused-ring (bicyclic) bond motifs is 1. The van der Waals surface area contributed by atoms with Gasteiger partial charge in [0, 0.05) is 29.3 Å². The van der Waals surface area contributed by atoms with Gasteiger partial charge in [0.05, 0.1) is 17.4 Å². The van der Waals surface area contributed by atoms with Gasteiger partial charge in [-0.05, 0) is 24.1 Å². The molecular formula is C16H15ClN4OS. The van der Waals surface area contributed by atoms with Gasteiger partial charge in [-0.2, -0.15) is 10.4 Å². The molecule has 0 spiro atoms. The fraction of sp³-hybridized carbons (Fsp3) is 0.312. The summed E-state index contributed by atoms with van der Waals surface area (Å²) in [5, 5.41) is 13.9.